The molecule has 1 aromatic heterocycles. The number of hydrogen-bond acceptors (Lipinski definition) is 5. The highest BCUT2D eigenvalue weighted by atomic mass is 32.2. The normalized spacial score (nSPS) is 27.8. The van der Waals surface area contributed by atoms with Gasteiger partial charge in [-0.3, -0.25) is 4.79 Å². The maximum absolute atomic E-state index is 13.8. The van der Waals surface area contributed by atoms with Crippen LogP contribution in [-0.4, -0.2) is 48.2 Å². The van der Waals surface area contributed by atoms with Crippen molar-refractivity contribution in [1.29, 1.82) is 0 Å². The summed E-state index contributed by atoms with van der Waals surface area (Å²) in [6.45, 7) is 2.13. The van der Waals surface area contributed by atoms with Gasteiger partial charge in [-0.2, -0.15) is 4.31 Å². The SMILES string of the molecule is Cc1ccc(S(=O)(=O)N2C[C@H]3C[C@]3(Cc3ccc4ocnc4c3)[C@H]2C(=O)NC2CCC(F)(F)CC2)cc1. The first kappa shape index (κ1) is 24.5. The van der Waals surface area contributed by atoms with Crippen molar-refractivity contribution in [2.24, 2.45) is 11.3 Å². The van der Waals surface area contributed by atoms with Crippen molar-refractivity contribution in [2.75, 3.05) is 6.54 Å². The number of aryl methyl sites for hydroxylation is 1. The molecule has 2 aromatic carbocycles. The molecule has 37 heavy (non-hydrogen) atoms. The number of amides is 1. The van der Waals surface area contributed by atoms with Crippen LogP contribution in [0.15, 0.2) is 58.2 Å². The Morgan fingerprint density at radius 2 is 1.89 bits per heavy atom. The summed E-state index contributed by atoms with van der Waals surface area (Å²) >= 11 is 0. The van der Waals surface area contributed by atoms with E-state index >= 15 is 0 Å². The van der Waals surface area contributed by atoms with Crippen molar-refractivity contribution in [3.8, 4) is 0 Å². The summed E-state index contributed by atoms with van der Waals surface area (Å²) in [5.74, 6) is -3.07. The molecular weight excluding hydrogens is 500 g/mol. The molecule has 3 atom stereocenters. The predicted molar refractivity (Wildman–Crippen MR) is 132 cm³/mol. The first-order valence-electron chi connectivity index (χ1n) is 12.7. The highest BCUT2D eigenvalue weighted by Gasteiger charge is 2.70. The molecular formula is C27H29F2N3O4S. The van der Waals surface area contributed by atoms with Crippen LogP contribution in [0.25, 0.3) is 11.1 Å². The number of halogens is 2. The highest BCUT2D eigenvalue weighted by molar-refractivity contribution is 7.89. The summed E-state index contributed by atoms with van der Waals surface area (Å²) < 4.78 is 61.6. The maximum atomic E-state index is 13.8. The molecule has 1 aliphatic heterocycles. The van der Waals surface area contributed by atoms with Gasteiger partial charge in [0.2, 0.25) is 21.9 Å². The number of fused-ring (bicyclic) bond motifs is 2. The average Bonchev–Trinajstić information content (AvgIpc) is 3.18. The minimum atomic E-state index is -3.94. The number of rotatable bonds is 6. The monoisotopic (exact) mass is 529 g/mol. The summed E-state index contributed by atoms with van der Waals surface area (Å²) in [4.78, 5) is 18.2. The number of aromatic nitrogens is 1. The van der Waals surface area contributed by atoms with Gasteiger partial charge in [0, 0.05) is 30.8 Å². The molecule has 0 spiro atoms. The Hall–Kier alpha value is -2.85. The van der Waals surface area contributed by atoms with Crippen molar-refractivity contribution < 1.29 is 26.4 Å². The number of hydrogen-bond donors (Lipinski definition) is 1. The Bertz CT molecular complexity index is 1450. The number of nitrogens with zero attached hydrogens (tertiary/aromatic N) is 2. The number of alkyl halides is 2. The summed E-state index contributed by atoms with van der Waals surface area (Å²) in [5.41, 5.74) is 2.70. The number of sulfonamides is 1. The molecule has 3 aromatic rings. The Morgan fingerprint density at radius 1 is 1.16 bits per heavy atom. The van der Waals surface area contributed by atoms with E-state index in [1.807, 2.05) is 25.1 Å². The van der Waals surface area contributed by atoms with Crippen LogP contribution in [0, 0.1) is 18.3 Å². The molecule has 0 bridgehead atoms. The quantitative estimate of drug-likeness (QED) is 0.509. The number of oxazole rings is 1. The molecule has 1 amide bonds. The minimum Gasteiger partial charge on any atom is -0.443 e. The molecule has 196 valence electrons. The molecule has 2 aliphatic carbocycles. The second-order valence-corrected chi connectivity index (χ2v) is 12.8. The first-order chi connectivity index (χ1) is 17.6. The lowest BCUT2D eigenvalue weighted by molar-refractivity contribution is -0.128. The van der Waals surface area contributed by atoms with E-state index in [-0.39, 0.29) is 43.0 Å². The van der Waals surface area contributed by atoms with E-state index in [2.05, 4.69) is 10.3 Å². The van der Waals surface area contributed by atoms with Gasteiger partial charge in [0.25, 0.3) is 0 Å². The van der Waals surface area contributed by atoms with Crippen molar-refractivity contribution in [2.45, 2.75) is 68.4 Å². The fourth-order valence-corrected chi connectivity index (χ4v) is 7.95. The third kappa shape index (κ3) is 4.33. The van der Waals surface area contributed by atoms with Gasteiger partial charge >= 0.3 is 0 Å². The van der Waals surface area contributed by atoms with Gasteiger partial charge in [0.15, 0.2) is 12.0 Å². The lowest BCUT2D eigenvalue weighted by Gasteiger charge is -2.34. The molecule has 0 radical (unpaired) electrons. The number of carbonyl (C=O) groups excluding carboxylic acids is 1. The van der Waals surface area contributed by atoms with Gasteiger partial charge in [-0.15, -0.1) is 0 Å². The summed E-state index contributed by atoms with van der Waals surface area (Å²) in [6, 6.07) is 11.0. The van der Waals surface area contributed by atoms with Crippen LogP contribution in [0.2, 0.25) is 0 Å². The fourth-order valence-electron chi connectivity index (χ4n) is 6.24. The topological polar surface area (TPSA) is 92.5 Å². The Kier molecular flexibility index (Phi) is 5.69. The zero-order valence-corrected chi connectivity index (χ0v) is 21.3. The second kappa shape index (κ2) is 8.59. The van der Waals surface area contributed by atoms with Gasteiger partial charge in [0.1, 0.15) is 11.6 Å². The van der Waals surface area contributed by atoms with Crippen molar-refractivity contribution in [1.82, 2.24) is 14.6 Å². The van der Waals surface area contributed by atoms with E-state index in [1.165, 1.54) is 10.7 Å². The molecule has 7 nitrogen and oxygen atoms in total. The van der Waals surface area contributed by atoms with Crippen LogP contribution in [0.3, 0.4) is 0 Å². The summed E-state index contributed by atoms with van der Waals surface area (Å²) in [5, 5.41) is 2.95. The van der Waals surface area contributed by atoms with Crippen LogP contribution in [0.4, 0.5) is 8.78 Å². The largest absolute Gasteiger partial charge is 0.443 e. The molecule has 10 heteroatoms. The lowest BCUT2D eigenvalue weighted by Crippen LogP contribution is -2.54. The molecule has 2 heterocycles. The van der Waals surface area contributed by atoms with Gasteiger partial charge in [-0.25, -0.2) is 22.2 Å². The van der Waals surface area contributed by atoms with Crippen LogP contribution in [-0.2, 0) is 21.2 Å². The Morgan fingerprint density at radius 3 is 2.62 bits per heavy atom. The highest BCUT2D eigenvalue weighted by Crippen LogP contribution is 2.64. The third-order valence-corrected chi connectivity index (χ3v) is 10.2. The van der Waals surface area contributed by atoms with Crippen LogP contribution >= 0.6 is 0 Å². The molecule has 0 unspecified atom stereocenters. The molecule has 3 aliphatic rings. The number of carbonyl (C=O) groups is 1. The van der Waals surface area contributed by atoms with E-state index in [4.69, 9.17) is 4.42 Å². The zero-order valence-electron chi connectivity index (χ0n) is 20.5. The number of nitrogens with one attached hydrogen (secondary N) is 1. The smallest absolute Gasteiger partial charge is 0.248 e. The van der Waals surface area contributed by atoms with E-state index in [9.17, 15) is 22.0 Å². The summed E-state index contributed by atoms with van der Waals surface area (Å²) in [6.07, 6.45) is 2.41. The van der Waals surface area contributed by atoms with Gasteiger partial charge in [-0.05, 0) is 68.4 Å². The molecule has 1 N–H and O–H groups in total. The lowest BCUT2D eigenvalue weighted by atomic mass is 9.87. The zero-order chi connectivity index (χ0) is 26.0. The van der Waals surface area contributed by atoms with E-state index in [1.54, 1.807) is 24.3 Å². The standard InChI is InChI=1S/C27H29F2N3O4S/c1-17-2-5-21(6-3-17)37(34,35)32-15-19-14-26(19,13-18-4-7-23-22(12-18)30-16-36-23)24(32)25(33)31-20-8-10-27(28,29)11-9-20/h2-7,12,16,19-20,24H,8-11,13-15H2,1H3,(H,31,33)/t19-,24-,26+/m1/s1. The fraction of sp³-hybridized carbons (Fsp3) is 0.481. The Balaban J connectivity index is 1.32. The summed E-state index contributed by atoms with van der Waals surface area (Å²) in [7, 11) is -3.94. The van der Waals surface area contributed by atoms with E-state index in [0.717, 1.165) is 17.5 Å². The van der Waals surface area contributed by atoms with E-state index < -0.39 is 39.4 Å². The molecule has 3 fully saturated rings. The van der Waals surface area contributed by atoms with Crippen molar-refractivity contribution in [3.05, 3.63) is 60.0 Å². The minimum absolute atomic E-state index is 0.0344. The first-order valence-corrected chi connectivity index (χ1v) is 14.1. The van der Waals surface area contributed by atoms with Crippen molar-refractivity contribution >= 4 is 27.0 Å². The number of benzene rings is 2. The van der Waals surface area contributed by atoms with Crippen molar-refractivity contribution in [3.63, 3.8) is 0 Å². The third-order valence-electron chi connectivity index (χ3n) is 8.38. The number of piperidine rings is 1. The van der Waals surface area contributed by atoms with E-state index in [0.29, 0.717) is 17.5 Å². The van der Waals surface area contributed by atoms with Crippen LogP contribution in [0.1, 0.15) is 43.2 Å². The predicted octanol–water partition coefficient (Wildman–Crippen LogP) is 4.45. The maximum Gasteiger partial charge on any atom is 0.248 e. The molecule has 6 rings (SSSR count). The van der Waals surface area contributed by atoms with Crippen LogP contribution < -0.4 is 5.32 Å². The molecule has 2 saturated carbocycles. The second-order valence-electron chi connectivity index (χ2n) is 10.9. The van der Waals surface area contributed by atoms with Gasteiger partial charge < -0.3 is 9.73 Å². The Labute approximate surface area is 214 Å². The average molecular weight is 530 g/mol. The van der Waals surface area contributed by atoms with Gasteiger partial charge in [0.05, 0.1) is 4.90 Å². The van der Waals surface area contributed by atoms with Crippen LogP contribution in [0.5, 0.6) is 0 Å². The molecule has 1 saturated heterocycles. The van der Waals surface area contributed by atoms with Gasteiger partial charge in [-0.1, -0.05) is 23.8 Å².